The number of amides is 1. The molecular formula is C45H39N5O8. The van der Waals surface area contributed by atoms with Crippen LogP contribution in [0.3, 0.4) is 0 Å². The van der Waals surface area contributed by atoms with Crippen LogP contribution in [0.25, 0.3) is 11.2 Å². The molecule has 58 heavy (non-hydrogen) atoms. The van der Waals surface area contributed by atoms with E-state index in [2.05, 4.69) is 20.3 Å². The Kier molecular flexibility index (Phi) is 10.9. The van der Waals surface area contributed by atoms with E-state index >= 15 is 0 Å². The SMILES string of the molecule is COc1ccc(C(OC[C@H]2O[C@@H](n3cnc4c(NC(=O)c5ccccc5)ncnc43)[C@H](O)[C@@H]2OC(=O)c2ccccc2)(c2ccccc2)c2ccc(OC)cc2)cc1. The summed E-state index contributed by atoms with van der Waals surface area (Å²) in [5.41, 5.74) is 2.40. The molecule has 3 heterocycles. The molecule has 0 saturated carbocycles. The Bertz CT molecular complexity index is 2440. The number of nitrogens with one attached hydrogen (secondary N) is 1. The van der Waals surface area contributed by atoms with Gasteiger partial charge in [-0.15, -0.1) is 0 Å². The van der Waals surface area contributed by atoms with Gasteiger partial charge in [0.25, 0.3) is 5.91 Å². The number of aliphatic hydroxyl groups is 1. The van der Waals surface area contributed by atoms with Gasteiger partial charge in [-0.05, 0) is 65.2 Å². The van der Waals surface area contributed by atoms with Crippen molar-refractivity contribution in [1.29, 1.82) is 0 Å². The van der Waals surface area contributed by atoms with E-state index in [1.807, 2.05) is 84.9 Å². The fourth-order valence-corrected chi connectivity index (χ4v) is 7.18. The molecule has 2 N–H and O–H groups in total. The molecule has 1 amide bonds. The second kappa shape index (κ2) is 16.7. The third kappa shape index (κ3) is 7.37. The number of imidazole rings is 1. The quantitative estimate of drug-likeness (QED) is 0.0963. The van der Waals surface area contributed by atoms with Gasteiger partial charge in [-0.25, -0.2) is 19.7 Å². The van der Waals surface area contributed by atoms with Gasteiger partial charge in [-0.1, -0.05) is 91.0 Å². The predicted octanol–water partition coefficient (Wildman–Crippen LogP) is 6.59. The summed E-state index contributed by atoms with van der Waals surface area (Å²) in [4.78, 5) is 39.9. The molecular weight excluding hydrogens is 739 g/mol. The van der Waals surface area contributed by atoms with Crippen molar-refractivity contribution in [2.75, 3.05) is 26.1 Å². The van der Waals surface area contributed by atoms with Crippen molar-refractivity contribution in [1.82, 2.24) is 19.5 Å². The van der Waals surface area contributed by atoms with Crippen LogP contribution < -0.4 is 14.8 Å². The number of anilines is 1. The first-order valence-corrected chi connectivity index (χ1v) is 18.5. The summed E-state index contributed by atoms with van der Waals surface area (Å²) in [7, 11) is 3.21. The van der Waals surface area contributed by atoms with E-state index in [0.29, 0.717) is 22.6 Å². The fourth-order valence-electron chi connectivity index (χ4n) is 7.18. The van der Waals surface area contributed by atoms with E-state index in [1.54, 1.807) is 68.8 Å². The lowest BCUT2D eigenvalue weighted by molar-refractivity contribution is -0.0960. The average molecular weight is 778 g/mol. The zero-order valence-corrected chi connectivity index (χ0v) is 31.5. The number of nitrogens with zero attached hydrogens (tertiary/aromatic N) is 4. The number of esters is 1. The first-order valence-electron chi connectivity index (χ1n) is 18.5. The maximum Gasteiger partial charge on any atom is 0.338 e. The van der Waals surface area contributed by atoms with Crippen molar-refractivity contribution in [3.63, 3.8) is 0 Å². The number of carbonyl (C=O) groups excluding carboxylic acids is 2. The van der Waals surface area contributed by atoms with Crippen LogP contribution in [0, 0.1) is 0 Å². The van der Waals surface area contributed by atoms with E-state index in [-0.39, 0.29) is 29.5 Å². The number of ether oxygens (including phenoxy) is 5. The second-order valence-electron chi connectivity index (χ2n) is 13.5. The summed E-state index contributed by atoms with van der Waals surface area (Å²) in [6, 6.07) is 42.1. The second-order valence-corrected chi connectivity index (χ2v) is 13.5. The minimum absolute atomic E-state index is 0.159. The van der Waals surface area contributed by atoms with Gasteiger partial charge in [0, 0.05) is 5.56 Å². The minimum atomic E-state index is -1.41. The van der Waals surface area contributed by atoms with Crippen LogP contribution in [0.15, 0.2) is 152 Å². The number of methoxy groups -OCH3 is 2. The van der Waals surface area contributed by atoms with Crippen molar-refractivity contribution in [2.24, 2.45) is 0 Å². The lowest BCUT2D eigenvalue weighted by Gasteiger charge is -2.37. The summed E-state index contributed by atoms with van der Waals surface area (Å²) in [6.45, 7) is -0.159. The van der Waals surface area contributed by atoms with Gasteiger partial charge in [-0.3, -0.25) is 9.36 Å². The van der Waals surface area contributed by atoms with E-state index < -0.39 is 36.1 Å². The normalized spacial score (nSPS) is 17.8. The monoisotopic (exact) mass is 777 g/mol. The van der Waals surface area contributed by atoms with Crippen LogP contribution in [0.4, 0.5) is 5.82 Å². The van der Waals surface area contributed by atoms with Crippen LogP contribution in [-0.4, -0.2) is 75.6 Å². The molecule has 1 saturated heterocycles. The minimum Gasteiger partial charge on any atom is -0.497 e. The van der Waals surface area contributed by atoms with Crippen molar-refractivity contribution < 1.29 is 38.4 Å². The highest BCUT2D eigenvalue weighted by atomic mass is 16.6. The van der Waals surface area contributed by atoms with Crippen molar-refractivity contribution >= 4 is 28.9 Å². The molecule has 13 nitrogen and oxygen atoms in total. The maximum absolute atomic E-state index is 13.6. The number of aromatic nitrogens is 4. The van der Waals surface area contributed by atoms with Crippen LogP contribution in [0.1, 0.15) is 43.6 Å². The van der Waals surface area contributed by atoms with Crippen LogP contribution in [0.2, 0.25) is 0 Å². The Morgan fingerprint density at radius 1 is 0.724 bits per heavy atom. The molecule has 0 radical (unpaired) electrons. The number of rotatable bonds is 13. The summed E-state index contributed by atoms with van der Waals surface area (Å²) >= 11 is 0. The molecule has 0 bridgehead atoms. The molecule has 1 aliphatic heterocycles. The average Bonchev–Trinajstić information content (AvgIpc) is 3.85. The van der Waals surface area contributed by atoms with Gasteiger partial charge in [0.2, 0.25) is 0 Å². The molecule has 0 aliphatic carbocycles. The van der Waals surface area contributed by atoms with Gasteiger partial charge in [0.05, 0.1) is 32.7 Å². The first kappa shape index (κ1) is 38.0. The Balaban J connectivity index is 1.18. The highest BCUT2D eigenvalue weighted by Gasteiger charge is 2.50. The van der Waals surface area contributed by atoms with E-state index in [9.17, 15) is 14.7 Å². The van der Waals surface area contributed by atoms with E-state index in [4.69, 9.17) is 23.7 Å². The van der Waals surface area contributed by atoms with Crippen molar-refractivity contribution in [2.45, 2.75) is 30.1 Å². The number of benzene rings is 5. The lowest BCUT2D eigenvalue weighted by atomic mass is 9.80. The van der Waals surface area contributed by atoms with Gasteiger partial charge in [0.1, 0.15) is 35.6 Å². The zero-order valence-electron chi connectivity index (χ0n) is 31.5. The Morgan fingerprint density at radius 2 is 1.28 bits per heavy atom. The Labute approximate surface area is 333 Å². The zero-order chi connectivity index (χ0) is 40.1. The Morgan fingerprint density at radius 3 is 1.86 bits per heavy atom. The summed E-state index contributed by atoms with van der Waals surface area (Å²) in [5.74, 6) is 0.467. The van der Waals surface area contributed by atoms with Crippen molar-refractivity contribution in [3.8, 4) is 11.5 Å². The number of aliphatic hydroxyl groups excluding tert-OH is 1. The standard InChI is InChI=1S/C45H39N5O8/c1-54-34-22-18-32(19-23-34)45(31-16-10-5-11-17-31,33-20-24-35(55-2)25-21-33)56-26-36-39(58-44(53)30-14-8-4-9-15-30)38(51)43(57-36)50-28-48-37-40(46-27-47-41(37)50)49-42(52)29-12-6-3-7-13-29/h3-25,27-28,36,38-39,43,51H,26H2,1-2H3,(H,46,47,49,52)/t36-,38-,39-,43-/m1/s1. The number of hydrogen-bond acceptors (Lipinski definition) is 11. The molecule has 13 heteroatoms. The van der Waals surface area contributed by atoms with Gasteiger partial charge in [0.15, 0.2) is 29.3 Å². The third-order valence-electron chi connectivity index (χ3n) is 10.1. The molecule has 0 spiro atoms. The van der Waals surface area contributed by atoms with Crippen LogP contribution in [0.5, 0.6) is 11.5 Å². The summed E-state index contributed by atoms with van der Waals surface area (Å²) in [6.07, 6.45) is -2.06. The Hall–Kier alpha value is -6.93. The van der Waals surface area contributed by atoms with Crippen LogP contribution in [-0.2, 0) is 19.8 Å². The third-order valence-corrected chi connectivity index (χ3v) is 10.1. The molecule has 0 unspecified atom stereocenters. The molecule has 1 aliphatic rings. The molecule has 1 fully saturated rings. The van der Waals surface area contributed by atoms with Gasteiger partial charge < -0.3 is 34.1 Å². The maximum atomic E-state index is 13.6. The fraction of sp³-hybridized carbons (Fsp3) is 0.178. The molecule has 8 rings (SSSR count). The van der Waals surface area contributed by atoms with E-state index in [1.165, 1.54) is 17.2 Å². The van der Waals surface area contributed by atoms with Crippen molar-refractivity contribution in [3.05, 3.63) is 180 Å². The number of hydrogen-bond donors (Lipinski definition) is 2. The topological polar surface area (TPSA) is 156 Å². The van der Waals surface area contributed by atoms with Gasteiger partial charge in [-0.2, -0.15) is 0 Å². The highest BCUT2D eigenvalue weighted by Crippen LogP contribution is 2.43. The summed E-state index contributed by atoms with van der Waals surface area (Å²) in [5, 5.41) is 14.9. The predicted molar refractivity (Wildman–Crippen MR) is 214 cm³/mol. The molecule has 4 atom stereocenters. The molecule has 5 aromatic carbocycles. The van der Waals surface area contributed by atoms with E-state index in [0.717, 1.165) is 16.7 Å². The highest BCUT2D eigenvalue weighted by molar-refractivity contribution is 6.06. The van der Waals surface area contributed by atoms with Gasteiger partial charge >= 0.3 is 5.97 Å². The largest absolute Gasteiger partial charge is 0.497 e. The summed E-state index contributed by atoms with van der Waals surface area (Å²) < 4.78 is 32.4. The van der Waals surface area contributed by atoms with Crippen LogP contribution >= 0.6 is 0 Å². The number of fused-ring (bicyclic) bond motifs is 1. The number of carbonyl (C=O) groups is 2. The molecule has 2 aromatic heterocycles. The lowest BCUT2D eigenvalue weighted by Crippen LogP contribution is -2.41. The molecule has 292 valence electrons. The smallest absolute Gasteiger partial charge is 0.338 e. The molecule has 7 aromatic rings. The first-order chi connectivity index (χ1) is 28.4.